The maximum atomic E-state index is 13.5. The lowest BCUT2D eigenvalue weighted by molar-refractivity contribution is 0.628. The fourth-order valence-corrected chi connectivity index (χ4v) is 4.00. The molecular weight excluding hydrogens is 361 g/mol. The summed E-state index contributed by atoms with van der Waals surface area (Å²) in [5.74, 6) is 0.126. The zero-order valence-electron chi connectivity index (χ0n) is 15.8. The van der Waals surface area contributed by atoms with Gasteiger partial charge in [-0.05, 0) is 40.3 Å². The molecule has 0 aliphatic carbocycles. The topological polar surface area (TPSA) is 22.0 Å². The van der Waals surface area contributed by atoms with Gasteiger partial charge in [0.05, 0.1) is 0 Å². The summed E-state index contributed by atoms with van der Waals surface area (Å²) in [4.78, 5) is 13.3. The summed E-state index contributed by atoms with van der Waals surface area (Å²) in [7, 11) is 1.80. The lowest BCUT2D eigenvalue weighted by Crippen LogP contribution is -2.28. The van der Waals surface area contributed by atoms with E-state index in [1.807, 2.05) is 30.3 Å². The third-order valence-corrected chi connectivity index (χ3v) is 5.14. The van der Waals surface area contributed by atoms with Crippen LogP contribution in [0.4, 0.5) is 4.39 Å². The van der Waals surface area contributed by atoms with E-state index in [4.69, 9.17) is 11.6 Å². The molecule has 0 atom stereocenters. The van der Waals surface area contributed by atoms with Crippen molar-refractivity contribution in [1.82, 2.24) is 4.57 Å². The summed E-state index contributed by atoms with van der Waals surface area (Å²) < 4.78 is 15.2. The van der Waals surface area contributed by atoms with Gasteiger partial charge in [0.1, 0.15) is 5.82 Å². The average Bonchev–Trinajstić information content (AvgIpc) is 2.66. The van der Waals surface area contributed by atoms with Crippen LogP contribution in [0.3, 0.4) is 0 Å². The number of hydrogen-bond acceptors (Lipinski definition) is 1. The third-order valence-electron chi connectivity index (χ3n) is 4.87. The number of pyridine rings is 1. The van der Waals surface area contributed by atoms with E-state index >= 15 is 0 Å². The highest BCUT2D eigenvalue weighted by Crippen LogP contribution is 2.33. The first-order valence-electron chi connectivity index (χ1n) is 9.04. The summed E-state index contributed by atoms with van der Waals surface area (Å²) in [6.07, 6.45) is 0.502. The smallest absolute Gasteiger partial charge is 0.254 e. The zero-order chi connectivity index (χ0) is 19.6. The summed E-state index contributed by atoms with van der Waals surface area (Å²) in [5, 5.41) is 0. The van der Waals surface area contributed by atoms with Gasteiger partial charge in [0.15, 0.2) is 0 Å². The van der Waals surface area contributed by atoms with E-state index < -0.39 is 0 Å². The van der Waals surface area contributed by atoms with Gasteiger partial charge in [0.2, 0.25) is 0 Å². The van der Waals surface area contributed by atoms with E-state index in [0.717, 1.165) is 27.9 Å². The summed E-state index contributed by atoms with van der Waals surface area (Å²) in [6, 6.07) is 16.2. The van der Waals surface area contributed by atoms with Crippen molar-refractivity contribution in [2.75, 3.05) is 0 Å². The molecule has 0 aliphatic rings. The quantitative estimate of drug-likeness (QED) is 0.522. The molecule has 3 aromatic rings. The van der Waals surface area contributed by atoms with Crippen LogP contribution in [0.5, 0.6) is 0 Å². The van der Waals surface area contributed by atoms with Crippen molar-refractivity contribution in [3.8, 4) is 11.1 Å². The van der Waals surface area contributed by atoms with Crippen molar-refractivity contribution in [2.24, 2.45) is 7.05 Å². The van der Waals surface area contributed by atoms with E-state index in [-0.39, 0.29) is 23.2 Å². The molecule has 2 nitrogen and oxygen atoms in total. The highest BCUT2D eigenvalue weighted by molar-refractivity contribution is 6.17. The fraction of sp³-hybridized carbons (Fsp3) is 0.261. The SMILES string of the molecule is CC(C)c1c(CCl)c(-c2ccc(F)cc2)c(Cc2ccccc2)c(=O)n1C. The Bertz CT molecular complexity index is 992. The predicted octanol–water partition coefficient (Wildman–Crippen LogP) is 5.64. The van der Waals surface area contributed by atoms with Crippen LogP contribution in [0.2, 0.25) is 0 Å². The minimum atomic E-state index is -0.302. The van der Waals surface area contributed by atoms with E-state index in [0.29, 0.717) is 12.0 Å². The second-order valence-corrected chi connectivity index (χ2v) is 7.31. The number of rotatable bonds is 5. The molecule has 0 bridgehead atoms. The second-order valence-electron chi connectivity index (χ2n) is 7.04. The molecule has 0 saturated heterocycles. The molecule has 2 aromatic carbocycles. The Morgan fingerprint density at radius 1 is 1.00 bits per heavy atom. The van der Waals surface area contributed by atoms with Crippen molar-refractivity contribution in [3.05, 3.63) is 93.2 Å². The van der Waals surface area contributed by atoms with Gasteiger partial charge in [-0.15, -0.1) is 11.6 Å². The Kier molecular flexibility index (Phi) is 5.81. The maximum Gasteiger partial charge on any atom is 0.254 e. The monoisotopic (exact) mass is 383 g/mol. The molecule has 0 N–H and O–H groups in total. The molecule has 0 saturated carbocycles. The van der Waals surface area contributed by atoms with Crippen molar-refractivity contribution < 1.29 is 4.39 Å². The molecule has 0 radical (unpaired) electrons. The van der Waals surface area contributed by atoms with Crippen molar-refractivity contribution in [1.29, 1.82) is 0 Å². The molecule has 4 heteroatoms. The number of nitrogens with zero attached hydrogens (tertiary/aromatic N) is 1. The molecule has 0 amide bonds. The average molecular weight is 384 g/mol. The van der Waals surface area contributed by atoms with E-state index in [1.54, 1.807) is 23.7 Å². The van der Waals surface area contributed by atoms with Gasteiger partial charge in [0, 0.05) is 30.6 Å². The van der Waals surface area contributed by atoms with Gasteiger partial charge in [-0.1, -0.05) is 56.3 Å². The minimum absolute atomic E-state index is 0.0317. The Hall–Kier alpha value is -2.39. The van der Waals surface area contributed by atoms with Gasteiger partial charge in [-0.25, -0.2) is 4.39 Å². The normalized spacial score (nSPS) is 11.2. The molecule has 1 heterocycles. The molecule has 0 fully saturated rings. The number of halogens is 2. The zero-order valence-corrected chi connectivity index (χ0v) is 16.6. The van der Waals surface area contributed by atoms with Crippen LogP contribution < -0.4 is 5.56 Å². The van der Waals surface area contributed by atoms with Crippen molar-refractivity contribution in [3.63, 3.8) is 0 Å². The third kappa shape index (κ3) is 3.84. The Morgan fingerprint density at radius 2 is 1.63 bits per heavy atom. The van der Waals surface area contributed by atoms with Crippen molar-refractivity contribution in [2.45, 2.75) is 32.1 Å². The van der Waals surface area contributed by atoms with Gasteiger partial charge < -0.3 is 4.57 Å². The van der Waals surface area contributed by atoms with Gasteiger partial charge in [-0.2, -0.15) is 0 Å². The largest absolute Gasteiger partial charge is 0.315 e. The van der Waals surface area contributed by atoms with Crippen LogP contribution >= 0.6 is 11.6 Å². The standard InChI is InChI=1S/C23H23ClFNO/c1-15(2)22-20(14-24)21(17-9-11-18(25)12-10-17)19(23(27)26(22)3)13-16-7-5-4-6-8-16/h4-12,15H,13-14H2,1-3H3. The molecule has 3 rings (SSSR count). The molecule has 0 spiro atoms. The maximum absolute atomic E-state index is 13.5. The van der Waals surface area contributed by atoms with Crippen LogP contribution in [0.1, 0.15) is 42.1 Å². The molecule has 0 unspecified atom stereocenters. The summed E-state index contributed by atoms with van der Waals surface area (Å²) >= 11 is 6.37. The van der Waals surface area contributed by atoms with Crippen LogP contribution in [0, 0.1) is 5.82 Å². The molecule has 0 aliphatic heterocycles. The molecule has 1 aromatic heterocycles. The second kappa shape index (κ2) is 8.10. The Labute approximate surface area is 164 Å². The lowest BCUT2D eigenvalue weighted by Gasteiger charge is -2.23. The van der Waals surface area contributed by atoms with Crippen LogP contribution in [-0.4, -0.2) is 4.57 Å². The number of alkyl halides is 1. The molecule has 140 valence electrons. The minimum Gasteiger partial charge on any atom is -0.315 e. The van der Waals surface area contributed by atoms with E-state index in [2.05, 4.69) is 13.8 Å². The van der Waals surface area contributed by atoms with Gasteiger partial charge in [0.25, 0.3) is 5.56 Å². The highest BCUT2D eigenvalue weighted by atomic mass is 35.5. The summed E-state index contributed by atoms with van der Waals surface area (Å²) in [6.45, 7) is 4.10. The molecular formula is C23H23ClFNO. The first kappa shape index (κ1) is 19.4. The van der Waals surface area contributed by atoms with Crippen LogP contribution in [0.15, 0.2) is 59.4 Å². The summed E-state index contributed by atoms with van der Waals surface area (Å²) in [5.41, 5.74) is 5.22. The number of hydrogen-bond donors (Lipinski definition) is 0. The first-order valence-corrected chi connectivity index (χ1v) is 9.58. The molecule has 27 heavy (non-hydrogen) atoms. The van der Waals surface area contributed by atoms with Crippen molar-refractivity contribution >= 4 is 11.6 Å². The first-order chi connectivity index (χ1) is 12.9. The van der Waals surface area contributed by atoms with Crippen LogP contribution in [0.25, 0.3) is 11.1 Å². The predicted molar refractivity (Wildman–Crippen MR) is 110 cm³/mol. The van der Waals surface area contributed by atoms with Crippen LogP contribution in [-0.2, 0) is 19.3 Å². The number of aromatic nitrogens is 1. The lowest BCUT2D eigenvalue weighted by atomic mass is 9.89. The Balaban J connectivity index is 2.35. The fourth-order valence-electron chi connectivity index (χ4n) is 3.73. The van der Waals surface area contributed by atoms with E-state index in [1.165, 1.54) is 12.1 Å². The van der Waals surface area contributed by atoms with Gasteiger partial charge in [-0.3, -0.25) is 4.79 Å². The number of benzene rings is 2. The van der Waals surface area contributed by atoms with E-state index in [9.17, 15) is 9.18 Å². The highest BCUT2D eigenvalue weighted by Gasteiger charge is 2.22. The Morgan fingerprint density at radius 3 is 2.19 bits per heavy atom. The van der Waals surface area contributed by atoms with Gasteiger partial charge >= 0.3 is 0 Å².